The van der Waals surface area contributed by atoms with Crippen LogP contribution in [0.15, 0.2) is 89.8 Å². The van der Waals surface area contributed by atoms with Crippen LogP contribution in [0.5, 0.6) is 0 Å². The number of aliphatic carboxylic acids is 1. The van der Waals surface area contributed by atoms with Gasteiger partial charge in [-0.1, -0.05) is 85.7 Å². The Kier molecular flexibility index (Phi) is 12.7. The maximum absolute atomic E-state index is 11.2. The van der Waals surface area contributed by atoms with Crippen molar-refractivity contribution in [2.45, 2.75) is 62.7 Å². The van der Waals surface area contributed by atoms with Crippen LogP contribution in [0.2, 0.25) is 0 Å². The SMILES string of the molecule is O=C(O)CCCCC(/C=C/c1ccccc1SCCCCCc1ccccc1)Cc1ccc(C(=O)O)cc1. The molecular weight excluding hydrogens is 492 g/mol. The van der Waals surface area contributed by atoms with Gasteiger partial charge < -0.3 is 10.2 Å². The zero-order chi connectivity index (χ0) is 27.0. The van der Waals surface area contributed by atoms with Gasteiger partial charge in [0.25, 0.3) is 0 Å². The van der Waals surface area contributed by atoms with Crippen molar-refractivity contribution in [1.29, 1.82) is 0 Å². The molecule has 200 valence electrons. The molecule has 5 heteroatoms. The van der Waals surface area contributed by atoms with Crippen LogP contribution in [0.3, 0.4) is 0 Å². The molecule has 0 aromatic heterocycles. The lowest BCUT2D eigenvalue weighted by Crippen LogP contribution is -2.04. The van der Waals surface area contributed by atoms with Crippen LogP contribution in [0, 0.1) is 5.92 Å². The molecule has 1 atom stereocenters. The summed E-state index contributed by atoms with van der Waals surface area (Å²) in [4.78, 5) is 23.4. The van der Waals surface area contributed by atoms with Gasteiger partial charge >= 0.3 is 11.9 Å². The Morgan fingerprint density at radius 2 is 1.50 bits per heavy atom. The largest absolute Gasteiger partial charge is 0.481 e. The third-order valence-electron chi connectivity index (χ3n) is 6.59. The predicted octanol–water partition coefficient (Wildman–Crippen LogP) is 8.41. The lowest BCUT2D eigenvalue weighted by atomic mass is 9.92. The van der Waals surface area contributed by atoms with Gasteiger partial charge in [-0.05, 0) is 85.1 Å². The van der Waals surface area contributed by atoms with E-state index in [1.807, 2.05) is 23.9 Å². The highest BCUT2D eigenvalue weighted by Gasteiger charge is 2.10. The van der Waals surface area contributed by atoms with Gasteiger partial charge in [-0.2, -0.15) is 0 Å². The Morgan fingerprint density at radius 1 is 0.763 bits per heavy atom. The van der Waals surface area contributed by atoms with Gasteiger partial charge in [0.1, 0.15) is 0 Å². The van der Waals surface area contributed by atoms with Crippen LogP contribution in [0.1, 0.15) is 72.0 Å². The number of benzene rings is 3. The van der Waals surface area contributed by atoms with Crippen LogP contribution >= 0.6 is 11.8 Å². The number of carboxylic acid groups (broad SMARTS) is 2. The zero-order valence-electron chi connectivity index (χ0n) is 21.9. The van der Waals surface area contributed by atoms with Gasteiger partial charge in [0.05, 0.1) is 5.56 Å². The molecule has 3 aromatic rings. The number of aryl methyl sites for hydroxylation is 1. The van der Waals surface area contributed by atoms with Gasteiger partial charge in [0.2, 0.25) is 0 Å². The van der Waals surface area contributed by atoms with Crippen molar-refractivity contribution in [2.24, 2.45) is 5.92 Å². The monoisotopic (exact) mass is 530 g/mol. The molecule has 38 heavy (non-hydrogen) atoms. The lowest BCUT2D eigenvalue weighted by molar-refractivity contribution is -0.137. The Balaban J connectivity index is 1.56. The first-order valence-corrected chi connectivity index (χ1v) is 14.5. The maximum Gasteiger partial charge on any atom is 0.335 e. The first-order valence-electron chi connectivity index (χ1n) is 13.5. The summed E-state index contributed by atoms with van der Waals surface area (Å²) < 4.78 is 0. The lowest BCUT2D eigenvalue weighted by Gasteiger charge is -2.14. The van der Waals surface area contributed by atoms with E-state index in [2.05, 4.69) is 66.7 Å². The highest BCUT2D eigenvalue weighted by atomic mass is 32.2. The number of aromatic carboxylic acids is 1. The first-order chi connectivity index (χ1) is 18.5. The van der Waals surface area contributed by atoms with Crippen molar-refractivity contribution in [3.8, 4) is 0 Å². The van der Waals surface area contributed by atoms with Crippen molar-refractivity contribution in [3.05, 3.63) is 107 Å². The summed E-state index contributed by atoms with van der Waals surface area (Å²) in [5.74, 6) is -0.344. The van der Waals surface area contributed by atoms with E-state index >= 15 is 0 Å². The van der Waals surface area contributed by atoms with Crippen LogP contribution in [0.4, 0.5) is 0 Å². The molecule has 0 radical (unpaired) electrons. The third kappa shape index (κ3) is 11.0. The van der Waals surface area contributed by atoms with E-state index in [1.165, 1.54) is 35.3 Å². The molecular formula is C33H38O4S. The Hall–Kier alpha value is -3.31. The normalized spacial score (nSPS) is 12.0. The average Bonchev–Trinajstić information content (AvgIpc) is 2.92. The predicted molar refractivity (Wildman–Crippen MR) is 157 cm³/mol. The number of rotatable bonds is 17. The molecule has 4 nitrogen and oxygen atoms in total. The van der Waals surface area contributed by atoms with E-state index in [0.717, 1.165) is 37.0 Å². The van der Waals surface area contributed by atoms with Crippen molar-refractivity contribution in [1.82, 2.24) is 0 Å². The molecule has 0 saturated heterocycles. The van der Waals surface area contributed by atoms with Gasteiger partial charge in [-0.15, -0.1) is 11.8 Å². The Labute approximate surface area is 230 Å². The summed E-state index contributed by atoms with van der Waals surface area (Å²) in [6, 6.07) is 26.2. The summed E-state index contributed by atoms with van der Waals surface area (Å²) >= 11 is 1.91. The molecule has 0 amide bonds. The standard InChI is InChI=1S/C33H38O4S/c34-32(35)17-9-6-14-27(25-28-19-22-30(23-20-28)33(36)37)18-21-29-15-7-8-16-31(29)38-24-10-2-5-13-26-11-3-1-4-12-26/h1,3-4,7-8,11-12,15-16,18-23,27H,2,5-6,9-10,13-14,17,24-25H2,(H,34,35)(H,36,37)/b21-18+. The zero-order valence-corrected chi connectivity index (χ0v) is 22.7. The fraction of sp³-hybridized carbons (Fsp3) is 0.333. The highest BCUT2D eigenvalue weighted by molar-refractivity contribution is 7.99. The van der Waals surface area contributed by atoms with Crippen molar-refractivity contribution in [3.63, 3.8) is 0 Å². The van der Waals surface area contributed by atoms with E-state index in [-0.39, 0.29) is 17.9 Å². The minimum atomic E-state index is -0.924. The third-order valence-corrected chi connectivity index (χ3v) is 7.77. The van der Waals surface area contributed by atoms with E-state index in [1.54, 1.807) is 12.1 Å². The Bertz CT molecular complexity index is 1160. The van der Waals surface area contributed by atoms with Crippen LogP contribution < -0.4 is 0 Å². The highest BCUT2D eigenvalue weighted by Crippen LogP contribution is 2.27. The molecule has 0 aliphatic heterocycles. The second kappa shape index (κ2) is 16.5. The number of carbonyl (C=O) groups is 2. The van der Waals surface area contributed by atoms with Crippen molar-refractivity contribution in [2.75, 3.05) is 5.75 Å². The van der Waals surface area contributed by atoms with E-state index < -0.39 is 11.9 Å². The number of allylic oxidation sites excluding steroid dienone is 1. The van der Waals surface area contributed by atoms with Gasteiger partial charge in [0.15, 0.2) is 0 Å². The van der Waals surface area contributed by atoms with Gasteiger partial charge in [-0.25, -0.2) is 4.79 Å². The number of carboxylic acids is 2. The molecule has 0 spiro atoms. The molecule has 0 saturated carbocycles. The fourth-order valence-electron chi connectivity index (χ4n) is 4.46. The van der Waals surface area contributed by atoms with E-state index in [0.29, 0.717) is 6.42 Å². The average molecular weight is 531 g/mol. The molecule has 0 heterocycles. The van der Waals surface area contributed by atoms with Gasteiger partial charge in [-0.3, -0.25) is 4.79 Å². The van der Waals surface area contributed by atoms with Crippen molar-refractivity contribution < 1.29 is 19.8 Å². The van der Waals surface area contributed by atoms with Crippen LogP contribution in [-0.2, 0) is 17.6 Å². The van der Waals surface area contributed by atoms with Gasteiger partial charge in [0, 0.05) is 11.3 Å². The molecule has 3 rings (SSSR count). The topological polar surface area (TPSA) is 74.6 Å². The number of hydrogen-bond acceptors (Lipinski definition) is 3. The number of hydrogen-bond donors (Lipinski definition) is 2. The van der Waals surface area contributed by atoms with E-state index in [9.17, 15) is 14.7 Å². The van der Waals surface area contributed by atoms with E-state index in [4.69, 9.17) is 5.11 Å². The smallest absolute Gasteiger partial charge is 0.335 e. The van der Waals surface area contributed by atoms with Crippen LogP contribution in [0.25, 0.3) is 6.08 Å². The van der Waals surface area contributed by atoms with Crippen molar-refractivity contribution >= 4 is 29.8 Å². The summed E-state index contributed by atoms with van der Waals surface area (Å²) in [6.07, 6.45) is 12.6. The first kappa shape index (κ1) is 29.2. The molecule has 0 aliphatic carbocycles. The minimum absolute atomic E-state index is 0.189. The maximum atomic E-state index is 11.2. The molecule has 1 unspecified atom stereocenters. The summed E-state index contributed by atoms with van der Waals surface area (Å²) in [6.45, 7) is 0. The number of unbranched alkanes of at least 4 members (excludes halogenated alkanes) is 3. The molecule has 2 N–H and O–H groups in total. The minimum Gasteiger partial charge on any atom is -0.481 e. The quantitative estimate of drug-likeness (QED) is 0.135. The number of thioether (sulfide) groups is 1. The second-order valence-corrected chi connectivity index (χ2v) is 10.8. The molecule has 0 aliphatic rings. The Morgan fingerprint density at radius 3 is 2.24 bits per heavy atom. The fourth-order valence-corrected chi connectivity index (χ4v) is 5.51. The molecule has 0 bridgehead atoms. The second-order valence-electron chi connectivity index (χ2n) is 9.65. The molecule has 3 aromatic carbocycles. The van der Waals surface area contributed by atoms with Crippen LogP contribution in [-0.4, -0.2) is 27.9 Å². The summed E-state index contributed by atoms with van der Waals surface area (Å²) in [7, 11) is 0. The summed E-state index contributed by atoms with van der Waals surface area (Å²) in [5, 5.41) is 18.1. The molecule has 0 fully saturated rings. The summed E-state index contributed by atoms with van der Waals surface area (Å²) in [5.41, 5.74) is 3.99.